The maximum atomic E-state index is 5.86. The standard InChI is InChI=1S/C13H21N3/c1-4-9-15-13(14)16(3)10-12-7-5-11(2)6-8-12/h5-8H,4,9-10H2,1-3H3,(H2,14,15). The van der Waals surface area contributed by atoms with Gasteiger partial charge in [0.2, 0.25) is 0 Å². The van der Waals surface area contributed by atoms with E-state index in [4.69, 9.17) is 5.73 Å². The van der Waals surface area contributed by atoms with Crippen molar-refractivity contribution in [2.45, 2.75) is 26.8 Å². The average molecular weight is 219 g/mol. The Morgan fingerprint density at radius 3 is 2.50 bits per heavy atom. The van der Waals surface area contributed by atoms with E-state index >= 15 is 0 Å². The number of aryl methyl sites for hydroxylation is 1. The zero-order valence-electron chi connectivity index (χ0n) is 10.4. The maximum absolute atomic E-state index is 5.86. The quantitative estimate of drug-likeness (QED) is 0.623. The second-order valence-electron chi connectivity index (χ2n) is 4.08. The molecule has 3 nitrogen and oxygen atoms in total. The van der Waals surface area contributed by atoms with Gasteiger partial charge in [-0.25, -0.2) is 0 Å². The van der Waals surface area contributed by atoms with Crippen LogP contribution in [0.3, 0.4) is 0 Å². The molecule has 88 valence electrons. The van der Waals surface area contributed by atoms with Crippen LogP contribution in [0.4, 0.5) is 0 Å². The van der Waals surface area contributed by atoms with E-state index in [1.54, 1.807) is 0 Å². The van der Waals surface area contributed by atoms with Crippen molar-refractivity contribution in [1.29, 1.82) is 0 Å². The van der Waals surface area contributed by atoms with E-state index < -0.39 is 0 Å². The molecule has 0 aromatic heterocycles. The summed E-state index contributed by atoms with van der Waals surface area (Å²) in [4.78, 5) is 6.25. The van der Waals surface area contributed by atoms with Crippen LogP contribution in [0.25, 0.3) is 0 Å². The van der Waals surface area contributed by atoms with Gasteiger partial charge in [0.05, 0.1) is 0 Å². The lowest BCUT2D eigenvalue weighted by atomic mass is 10.1. The summed E-state index contributed by atoms with van der Waals surface area (Å²) in [6, 6.07) is 8.48. The highest BCUT2D eigenvalue weighted by Gasteiger charge is 2.02. The van der Waals surface area contributed by atoms with Crippen LogP contribution in [-0.2, 0) is 6.54 Å². The lowest BCUT2D eigenvalue weighted by Crippen LogP contribution is -2.33. The Balaban J connectivity index is 2.56. The number of guanidine groups is 1. The van der Waals surface area contributed by atoms with Gasteiger partial charge in [0.1, 0.15) is 0 Å². The lowest BCUT2D eigenvalue weighted by molar-refractivity contribution is 0.492. The van der Waals surface area contributed by atoms with Gasteiger partial charge in [-0.1, -0.05) is 36.8 Å². The van der Waals surface area contributed by atoms with Crippen LogP contribution in [-0.4, -0.2) is 24.5 Å². The number of benzene rings is 1. The Kier molecular flexibility index (Phi) is 4.83. The predicted octanol–water partition coefficient (Wildman–Crippen LogP) is 2.15. The molecule has 0 fully saturated rings. The Morgan fingerprint density at radius 2 is 1.94 bits per heavy atom. The first kappa shape index (κ1) is 12.6. The van der Waals surface area contributed by atoms with Crippen LogP contribution in [0.2, 0.25) is 0 Å². The van der Waals surface area contributed by atoms with Gasteiger partial charge in [-0.2, -0.15) is 0 Å². The lowest BCUT2D eigenvalue weighted by Gasteiger charge is -2.18. The maximum Gasteiger partial charge on any atom is 0.191 e. The summed E-state index contributed by atoms with van der Waals surface area (Å²) in [5.41, 5.74) is 8.39. The van der Waals surface area contributed by atoms with Crippen molar-refractivity contribution in [1.82, 2.24) is 4.90 Å². The Bertz CT molecular complexity index is 341. The van der Waals surface area contributed by atoms with Gasteiger partial charge in [0, 0.05) is 20.1 Å². The minimum atomic E-state index is 0.613. The first-order valence-electron chi connectivity index (χ1n) is 5.70. The minimum absolute atomic E-state index is 0.613. The van der Waals surface area contributed by atoms with Crippen molar-refractivity contribution >= 4 is 5.96 Å². The molecule has 1 aromatic carbocycles. The van der Waals surface area contributed by atoms with Crippen molar-refractivity contribution < 1.29 is 0 Å². The molecule has 0 unspecified atom stereocenters. The first-order valence-corrected chi connectivity index (χ1v) is 5.70. The van der Waals surface area contributed by atoms with Gasteiger partial charge in [0.25, 0.3) is 0 Å². The molecule has 1 aromatic rings. The molecular weight excluding hydrogens is 198 g/mol. The fourth-order valence-electron chi connectivity index (χ4n) is 1.40. The van der Waals surface area contributed by atoms with E-state index in [1.165, 1.54) is 11.1 Å². The molecule has 0 saturated heterocycles. The molecule has 0 atom stereocenters. The molecule has 0 bridgehead atoms. The normalized spacial score (nSPS) is 11.6. The summed E-state index contributed by atoms with van der Waals surface area (Å²) >= 11 is 0. The van der Waals surface area contributed by atoms with Gasteiger partial charge in [-0.3, -0.25) is 4.99 Å². The predicted molar refractivity (Wildman–Crippen MR) is 69.4 cm³/mol. The third-order valence-electron chi connectivity index (χ3n) is 2.43. The highest BCUT2D eigenvalue weighted by Crippen LogP contribution is 2.05. The van der Waals surface area contributed by atoms with Gasteiger partial charge in [0.15, 0.2) is 5.96 Å². The monoisotopic (exact) mass is 219 g/mol. The summed E-state index contributed by atoms with van der Waals surface area (Å²) in [5.74, 6) is 0.613. The molecule has 3 heteroatoms. The molecule has 1 rings (SSSR count). The molecule has 0 saturated carbocycles. The molecule has 16 heavy (non-hydrogen) atoms. The van der Waals surface area contributed by atoms with E-state index in [2.05, 4.69) is 43.1 Å². The zero-order valence-corrected chi connectivity index (χ0v) is 10.4. The average Bonchev–Trinajstić information content (AvgIpc) is 2.29. The van der Waals surface area contributed by atoms with E-state index in [0.717, 1.165) is 19.5 Å². The highest BCUT2D eigenvalue weighted by atomic mass is 15.2. The van der Waals surface area contributed by atoms with Crippen LogP contribution < -0.4 is 5.73 Å². The van der Waals surface area contributed by atoms with Gasteiger partial charge >= 0.3 is 0 Å². The number of rotatable bonds is 4. The molecule has 0 heterocycles. The topological polar surface area (TPSA) is 41.6 Å². The van der Waals surface area contributed by atoms with E-state index in [1.807, 2.05) is 11.9 Å². The van der Waals surface area contributed by atoms with E-state index in [0.29, 0.717) is 5.96 Å². The third kappa shape index (κ3) is 3.93. The van der Waals surface area contributed by atoms with Crippen LogP contribution in [0.15, 0.2) is 29.3 Å². The number of nitrogens with zero attached hydrogens (tertiary/aromatic N) is 2. The molecule has 0 radical (unpaired) electrons. The SMILES string of the molecule is CCCN=C(N)N(C)Cc1ccc(C)cc1. The van der Waals surface area contributed by atoms with Crippen molar-refractivity contribution in [3.05, 3.63) is 35.4 Å². The minimum Gasteiger partial charge on any atom is -0.370 e. The van der Waals surface area contributed by atoms with Crippen molar-refractivity contribution in [2.75, 3.05) is 13.6 Å². The molecule has 0 aliphatic heterocycles. The molecule has 0 aliphatic rings. The molecule has 0 aliphatic carbocycles. The fraction of sp³-hybridized carbons (Fsp3) is 0.462. The van der Waals surface area contributed by atoms with Gasteiger partial charge in [-0.05, 0) is 18.9 Å². The summed E-state index contributed by atoms with van der Waals surface area (Å²) < 4.78 is 0. The highest BCUT2D eigenvalue weighted by molar-refractivity contribution is 5.77. The Hall–Kier alpha value is -1.51. The van der Waals surface area contributed by atoms with Crippen molar-refractivity contribution in [3.63, 3.8) is 0 Å². The number of nitrogens with two attached hydrogens (primary N) is 1. The van der Waals surface area contributed by atoms with Crippen LogP contribution >= 0.6 is 0 Å². The summed E-state index contributed by atoms with van der Waals surface area (Å²) in [5, 5.41) is 0. The number of hydrogen-bond donors (Lipinski definition) is 1. The van der Waals surface area contributed by atoms with Crippen LogP contribution in [0.1, 0.15) is 24.5 Å². The Labute approximate surface area is 98.0 Å². The second-order valence-corrected chi connectivity index (χ2v) is 4.08. The van der Waals surface area contributed by atoms with Gasteiger partial charge < -0.3 is 10.6 Å². The summed E-state index contributed by atoms with van der Waals surface area (Å²) in [6.45, 7) is 5.78. The van der Waals surface area contributed by atoms with Crippen molar-refractivity contribution in [2.24, 2.45) is 10.7 Å². The Morgan fingerprint density at radius 1 is 1.31 bits per heavy atom. The van der Waals surface area contributed by atoms with Crippen molar-refractivity contribution in [3.8, 4) is 0 Å². The summed E-state index contributed by atoms with van der Waals surface area (Å²) in [6.07, 6.45) is 1.03. The van der Waals surface area contributed by atoms with E-state index in [9.17, 15) is 0 Å². The van der Waals surface area contributed by atoms with E-state index in [-0.39, 0.29) is 0 Å². The second kappa shape index (κ2) is 6.16. The summed E-state index contributed by atoms with van der Waals surface area (Å²) in [7, 11) is 1.97. The van der Waals surface area contributed by atoms with Gasteiger partial charge in [-0.15, -0.1) is 0 Å². The first-order chi connectivity index (χ1) is 7.63. The van der Waals surface area contributed by atoms with Crippen LogP contribution in [0.5, 0.6) is 0 Å². The smallest absolute Gasteiger partial charge is 0.191 e. The van der Waals surface area contributed by atoms with Crippen LogP contribution in [0, 0.1) is 6.92 Å². The fourth-order valence-corrected chi connectivity index (χ4v) is 1.40. The number of aliphatic imine (C=N–C) groups is 1. The molecule has 0 amide bonds. The molecular formula is C13H21N3. The molecule has 2 N–H and O–H groups in total. The third-order valence-corrected chi connectivity index (χ3v) is 2.43. The zero-order chi connectivity index (χ0) is 12.0. The molecule has 0 spiro atoms. The largest absolute Gasteiger partial charge is 0.370 e. The number of hydrogen-bond acceptors (Lipinski definition) is 1.